The minimum atomic E-state index is -0.996. The van der Waals surface area contributed by atoms with Crippen molar-refractivity contribution in [2.45, 2.75) is 69.8 Å². The summed E-state index contributed by atoms with van der Waals surface area (Å²) in [6.45, 7) is 5.55. The highest BCUT2D eigenvalue weighted by molar-refractivity contribution is 7.47. The van der Waals surface area contributed by atoms with Crippen LogP contribution in [-0.4, -0.2) is 35.0 Å². The lowest BCUT2D eigenvalue weighted by molar-refractivity contribution is 0.166. The zero-order valence-electron chi connectivity index (χ0n) is 21.8. The number of hydrogen-bond acceptors (Lipinski definition) is 4. The molecule has 190 valence electrons. The molecular formula is C31H40N3OP. The summed E-state index contributed by atoms with van der Waals surface area (Å²) >= 11 is 0. The average molecular weight is 502 g/mol. The van der Waals surface area contributed by atoms with Gasteiger partial charge in [-0.3, -0.25) is 0 Å². The molecule has 0 aromatic heterocycles. The molecule has 4 nitrogen and oxygen atoms in total. The molecule has 1 N–H and O–H groups in total. The molecule has 1 saturated heterocycles. The van der Waals surface area contributed by atoms with Gasteiger partial charge in [-0.15, -0.1) is 0 Å². The quantitative estimate of drug-likeness (QED) is 0.305. The van der Waals surface area contributed by atoms with Gasteiger partial charge in [0, 0.05) is 30.7 Å². The summed E-state index contributed by atoms with van der Waals surface area (Å²) in [5.41, 5.74) is 3.98. The minimum Gasteiger partial charge on any atom is -0.322 e. The van der Waals surface area contributed by atoms with Gasteiger partial charge in [0.25, 0.3) is 0 Å². The highest BCUT2D eigenvalue weighted by atomic mass is 31.2. The van der Waals surface area contributed by atoms with E-state index in [1.807, 2.05) is 7.05 Å². The van der Waals surface area contributed by atoms with Crippen LogP contribution in [0.2, 0.25) is 0 Å². The van der Waals surface area contributed by atoms with Crippen LogP contribution in [0, 0.1) is 0 Å². The van der Waals surface area contributed by atoms with Gasteiger partial charge in [0.15, 0.2) is 8.45 Å². The zero-order chi connectivity index (χ0) is 24.9. The van der Waals surface area contributed by atoms with E-state index in [1.54, 1.807) is 0 Å². The van der Waals surface area contributed by atoms with E-state index in [1.165, 1.54) is 42.4 Å². The van der Waals surface area contributed by atoms with Crippen LogP contribution < -0.4 is 5.32 Å². The number of nitrogens with one attached hydrogen (secondary N) is 1. The van der Waals surface area contributed by atoms with Crippen molar-refractivity contribution in [2.24, 2.45) is 0 Å². The fourth-order valence-corrected chi connectivity index (χ4v) is 8.80. The zero-order valence-corrected chi connectivity index (χ0v) is 22.7. The summed E-state index contributed by atoms with van der Waals surface area (Å²) in [5, 5.41) is 3.40. The molecule has 3 aromatic rings. The first kappa shape index (κ1) is 25.6. The highest BCUT2D eigenvalue weighted by Crippen LogP contribution is 2.65. The molecule has 1 heterocycles. The number of hydrogen-bond donors (Lipinski definition) is 1. The van der Waals surface area contributed by atoms with Crippen molar-refractivity contribution in [3.63, 3.8) is 0 Å². The Labute approximate surface area is 218 Å². The smallest absolute Gasteiger partial charge is 0.190 e. The second-order valence-electron chi connectivity index (χ2n) is 10.2. The van der Waals surface area contributed by atoms with Gasteiger partial charge < -0.3 is 9.84 Å². The van der Waals surface area contributed by atoms with Crippen LogP contribution in [-0.2, 0) is 4.52 Å². The second kappa shape index (κ2) is 12.0. The Kier molecular flexibility index (Phi) is 8.51. The van der Waals surface area contributed by atoms with E-state index >= 15 is 0 Å². The Balaban J connectivity index is 1.57. The number of likely N-dealkylation sites (N-methyl/N-ethyl adjacent to an activating group) is 1. The second-order valence-corrected chi connectivity index (χ2v) is 11.8. The van der Waals surface area contributed by atoms with Crippen LogP contribution in [0.4, 0.5) is 0 Å². The van der Waals surface area contributed by atoms with Gasteiger partial charge in [0.2, 0.25) is 0 Å². The van der Waals surface area contributed by atoms with Crippen molar-refractivity contribution in [3.8, 4) is 0 Å². The normalized spacial score (nSPS) is 23.8. The first-order valence-electron chi connectivity index (χ1n) is 13.5. The molecule has 5 atom stereocenters. The SMILES string of the molecule is CNCC(OP1N([C@@H](C)c2ccccc2)[C@@H]2CCCC[C@H]2N1[C@@H](C)c1ccccc1)c1ccccc1. The van der Waals surface area contributed by atoms with Crippen molar-refractivity contribution in [1.82, 2.24) is 14.7 Å². The van der Waals surface area contributed by atoms with Crippen molar-refractivity contribution < 1.29 is 4.52 Å². The lowest BCUT2D eigenvalue weighted by Gasteiger charge is -2.39. The maximum atomic E-state index is 7.29. The summed E-state index contributed by atoms with van der Waals surface area (Å²) in [6, 6.07) is 34.4. The Morgan fingerprint density at radius 3 is 1.56 bits per heavy atom. The summed E-state index contributed by atoms with van der Waals surface area (Å²) in [4.78, 5) is 0. The summed E-state index contributed by atoms with van der Waals surface area (Å²) in [5.74, 6) is 0. The fraction of sp³-hybridized carbons (Fsp3) is 0.419. The summed E-state index contributed by atoms with van der Waals surface area (Å²) < 4.78 is 12.8. The fourth-order valence-electron chi connectivity index (χ4n) is 6.01. The lowest BCUT2D eigenvalue weighted by atomic mass is 9.88. The molecule has 0 radical (unpaired) electrons. The molecule has 1 unspecified atom stereocenters. The van der Waals surface area contributed by atoms with E-state index in [4.69, 9.17) is 4.52 Å². The van der Waals surface area contributed by atoms with Gasteiger partial charge in [0.05, 0.1) is 0 Å². The van der Waals surface area contributed by atoms with Crippen LogP contribution in [0.15, 0.2) is 91.0 Å². The van der Waals surface area contributed by atoms with Crippen LogP contribution >= 0.6 is 8.45 Å². The molecule has 0 amide bonds. The average Bonchev–Trinajstić information content (AvgIpc) is 3.27. The van der Waals surface area contributed by atoms with Gasteiger partial charge in [-0.05, 0) is 50.4 Å². The molecule has 2 aliphatic rings. The third-order valence-electron chi connectivity index (χ3n) is 7.91. The van der Waals surface area contributed by atoms with E-state index in [2.05, 4.69) is 120 Å². The summed E-state index contributed by atoms with van der Waals surface area (Å²) in [6.07, 6.45) is 5.08. The van der Waals surface area contributed by atoms with Crippen molar-refractivity contribution in [1.29, 1.82) is 0 Å². The first-order valence-corrected chi connectivity index (χ1v) is 14.7. The maximum absolute atomic E-state index is 7.29. The first-order chi connectivity index (χ1) is 17.7. The molecule has 36 heavy (non-hydrogen) atoms. The van der Waals surface area contributed by atoms with E-state index in [0.29, 0.717) is 24.2 Å². The Bertz CT molecular complexity index is 1010. The molecule has 0 spiro atoms. The predicted molar refractivity (Wildman–Crippen MR) is 151 cm³/mol. The van der Waals surface area contributed by atoms with Crippen LogP contribution in [0.3, 0.4) is 0 Å². The number of nitrogens with zero attached hydrogens (tertiary/aromatic N) is 2. The number of benzene rings is 3. The van der Waals surface area contributed by atoms with E-state index < -0.39 is 8.45 Å². The van der Waals surface area contributed by atoms with Crippen molar-refractivity contribution in [3.05, 3.63) is 108 Å². The Hall–Kier alpha value is -2.07. The van der Waals surface area contributed by atoms with Crippen molar-refractivity contribution >= 4 is 8.45 Å². The monoisotopic (exact) mass is 501 g/mol. The molecule has 5 heteroatoms. The highest BCUT2D eigenvalue weighted by Gasteiger charge is 2.53. The molecule has 5 rings (SSSR count). The van der Waals surface area contributed by atoms with E-state index in [9.17, 15) is 0 Å². The van der Waals surface area contributed by atoms with Crippen LogP contribution in [0.5, 0.6) is 0 Å². The summed E-state index contributed by atoms with van der Waals surface area (Å²) in [7, 11) is 1.03. The van der Waals surface area contributed by atoms with Crippen molar-refractivity contribution in [2.75, 3.05) is 13.6 Å². The van der Waals surface area contributed by atoms with Crippen LogP contribution in [0.25, 0.3) is 0 Å². The third kappa shape index (κ3) is 5.30. The van der Waals surface area contributed by atoms with Gasteiger partial charge in [0.1, 0.15) is 6.10 Å². The molecule has 1 aliphatic carbocycles. The molecule has 1 saturated carbocycles. The van der Waals surface area contributed by atoms with Gasteiger partial charge in [-0.25, -0.2) is 9.34 Å². The van der Waals surface area contributed by atoms with Gasteiger partial charge in [-0.1, -0.05) is 104 Å². The molecule has 2 fully saturated rings. The van der Waals surface area contributed by atoms with E-state index in [0.717, 1.165) is 6.54 Å². The topological polar surface area (TPSA) is 27.7 Å². The van der Waals surface area contributed by atoms with Crippen LogP contribution in [0.1, 0.15) is 74.4 Å². The largest absolute Gasteiger partial charge is 0.322 e. The number of fused-ring (bicyclic) bond motifs is 1. The number of rotatable bonds is 9. The van der Waals surface area contributed by atoms with Gasteiger partial charge >= 0.3 is 0 Å². The molecule has 3 aromatic carbocycles. The Morgan fingerprint density at radius 2 is 1.14 bits per heavy atom. The molecule has 0 bridgehead atoms. The van der Waals surface area contributed by atoms with E-state index in [-0.39, 0.29) is 6.10 Å². The Morgan fingerprint density at radius 1 is 0.722 bits per heavy atom. The minimum absolute atomic E-state index is 0.00147. The molecule has 1 aliphatic heterocycles. The predicted octanol–water partition coefficient (Wildman–Crippen LogP) is 7.64. The maximum Gasteiger partial charge on any atom is 0.190 e. The lowest BCUT2D eigenvalue weighted by Crippen LogP contribution is -2.41. The third-order valence-corrected chi connectivity index (χ3v) is 10.4. The van der Waals surface area contributed by atoms with Gasteiger partial charge in [-0.2, -0.15) is 0 Å². The standard InChI is InChI=1S/C31H40N3OP/c1-24(26-15-7-4-8-16-26)33-29-21-13-14-22-30(29)34(25(2)27-17-9-5-10-18-27)36(33)35-31(23-32-3)28-19-11-6-12-20-28/h4-12,15-20,24-25,29-32H,13-14,21-23H2,1-3H3/t24-,25-,29+,30+,31?/m0/s1. The molecular weight excluding hydrogens is 461 g/mol.